The molecule has 0 spiro atoms. The van der Waals surface area contributed by atoms with E-state index in [4.69, 9.17) is 0 Å². The van der Waals surface area contributed by atoms with Gasteiger partial charge >= 0.3 is 42.8 Å². The molecule has 1 unspecified atom stereocenters. The average Bonchev–Trinajstić information content (AvgIpc) is 2.77. The molecule has 0 aliphatic heterocycles. The van der Waals surface area contributed by atoms with Gasteiger partial charge in [-0.25, -0.2) is 8.78 Å². The Labute approximate surface area is 216 Å². The summed E-state index contributed by atoms with van der Waals surface area (Å²) in [6, 6.07) is 0. The van der Waals surface area contributed by atoms with E-state index in [0.717, 1.165) is 6.92 Å². The van der Waals surface area contributed by atoms with Crippen molar-refractivity contribution in [2.75, 3.05) is 27.5 Å². The first-order valence-corrected chi connectivity index (χ1v) is 8.08. The molecule has 0 aromatic heterocycles. The molecule has 1 atom stereocenters. The van der Waals surface area contributed by atoms with Gasteiger partial charge in [-0.2, -0.15) is 79.6 Å². The lowest BCUT2D eigenvalue weighted by Crippen LogP contribution is -2.58. The van der Waals surface area contributed by atoms with Crippen LogP contribution in [0.15, 0.2) is 0 Å². The van der Waals surface area contributed by atoms with Gasteiger partial charge < -0.3 is 4.74 Å². The first kappa shape index (κ1) is 55.3. The third kappa shape index (κ3) is 26.9. The molecule has 0 bridgehead atoms. The molecule has 0 aromatic rings. The Morgan fingerprint density at radius 2 is 0.829 bits per heavy atom. The van der Waals surface area contributed by atoms with Crippen molar-refractivity contribution < 1.29 is 116 Å². The zero-order valence-electron chi connectivity index (χ0n) is 18.3. The Morgan fingerprint density at radius 1 is 0.512 bits per heavy atom. The van der Waals surface area contributed by atoms with Crippen molar-refractivity contribution in [1.29, 1.82) is 0 Å². The third-order valence-electron chi connectivity index (χ3n) is 2.27. The van der Waals surface area contributed by atoms with Crippen molar-refractivity contribution in [2.45, 2.75) is 71.0 Å². The Morgan fingerprint density at radius 3 is 0.951 bits per heavy atom. The Kier molecular flexibility index (Phi) is 30.8. The number of rotatable bonds is 7. The molecule has 0 heterocycles. The minimum Gasteiger partial charge on any atom is -0.306 e. The van der Waals surface area contributed by atoms with Crippen molar-refractivity contribution in [2.24, 2.45) is 0 Å². The van der Waals surface area contributed by atoms with Crippen LogP contribution in [0.1, 0.15) is 28.2 Å². The van der Waals surface area contributed by atoms with Gasteiger partial charge in [0.15, 0.2) is 6.86 Å². The highest BCUT2D eigenvalue weighted by Gasteiger charge is 2.76. The van der Waals surface area contributed by atoms with E-state index in [9.17, 15) is 96.9 Å². The first-order chi connectivity index (χ1) is 17.1. The SMILES string of the molecule is C.C.CCC(F)(F)F.CF.FCOC(F)(F)C(F)(F)F.FCOF.FOC(F)(C(F)(F)F)C(F)(F)OCC(F)(F)F. The minimum absolute atomic E-state index is 0. The predicted molar refractivity (Wildman–Crippen MR) is 92.1 cm³/mol. The lowest BCUT2D eigenvalue weighted by atomic mass is 10.3. The summed E-state index contributed by atoms with van der Waals surface area (Å²) in [6.07, 6.45) is -34.2. The van der Waals surface area contributed by atoms with Crippen molar-refractivity contribution in [3.8, 4) is 0 Å². The van der Waals surface area contributed by atoms with E-state index in [2.05, 4.69) is 14.4 Å². The van der Waals surface area contributed by atoms with Crippen LogP contribution in [0.2, 0.25) is 0 Å². The van der Waals surface area contributed by atoms with Crippen LogP contribution in [-0.4, -0.2) is 70.3 Å². The first-order valence-electron chi connectivity index (χ1n) is 8.08. The largest absolute Gasteiger partial charge is 0.483 e. The second kappa shape index (κ2) is 22.8. The maximum Gasteiger partial charge on any atom is 0.483 e. The summed E-state index contributed by atoms with van der Waals surface area (Å²) in [4.78, 5) is 3.77. The molecule has 0 radical (unpaired) electrons. The minimum atomic E-state index is -6.64. The standard InChI is InChI=1S/C5H2F10O2.C3H2F6O.C3H5F3.CH2F2O.CH3F.2CH4/c6-2(7,8)1-16-5(13,14)3(9,17-15)4(10,11)12;4-1-10-3(8,9)2(5,6)7;1-2-3(4,5)6;2-1-4-3;1-2;;/h1H2;1H2;2H2,1H3;1H2;1H3;2*1H4. The molecule has 0 N–H and O–H groups in total. The molecule has 4 nitrogen and oxygen atoms in total. The quantitative estimate of drug-likeness (QED) is 0.250. The van der Waals surface area contributed by atoms with Crippen LogP contribution in [0, 0.1) is 0 Å². The molecule has 0 aliphatic carbocycles. The van der Waals surface area contributed by atoms with Crippen molar-refractivity contribution in [3.05, 3.63) is 0 Å². The second-order valence-electron chi connectivity index (χ2n) is 5.05. The van der Waals surface area contributed by atoms with Crippen LogP contribution < -0.4 is 0 Å². The molecule has 0 aromatic carbocycles. The molecule has 0 saturated carbocycles. The highest BCUT2D eigenvalue weighted by molar-refractivity contribution is 4.85. The summed E-state index contributed by atoms with van der Waals surface area (Å²) in [6.45, 7) is -5.36. The maximum atomic E-state index is 12.4. The Balaban J connectivity index is -0.0000000820. The van der Waals surface area contributed by atoms with Crippen LogP contribution >= 0.6 is 0 Å². The van der Waals surface area contributed by atoms with E-state index in [-0.39, 0.29) is 14.9 Å². The fraction of sp³-hybridized carbons (Fsp3) is 1.00. The topological polar surface area (TPSA) is 36.9 Å². The molecule has 41 heavy (non-hydrogen) atoms. The molecule has 260 valence electrons. The fourth-order valence-corrected chi connectivity index (χ4v) is 0.669. The lowest BCUT2D eigenvalue weighted by Gasteiger charge is -2.30. The van der Waals surface area contributed by atoms with E-state index in [0.29, 0.717) is 7.18 Å². The van der Waals surface area contributed by atoms with Gasteiger partial charge in [-0.3, -0.25) is 9.13 Å². The summed E-state index contributed by atoms with van der Waals surface area (Å²) in [7, 11) is 0.500. The Hall–Kier alpha value is -1.70. The van der Waals surface area contributed by atoms with Crippen molar-refractivity contribution in [1.82, 2.24) is 0 Å². The molecular formula is C15H22F22O4. The van der Waals surface area contributed by atoms with E-state index in [1.54, 1.807) is 0 Å². The van der Waals surface area contributed by atoms with E-state index in [1.807, 2.05) is 0 Å². The summed E-state index contributed by atoms with van der Waals surface area (Å²) >= 11 is 0. The van der Waals surface area contributed by atoms with Gasteiger partial charge in [0.05, 0.1) is 7.18 Å². The van der Waals surface area contributed by atoms with Crippen LogP contribution in [0.3, 0.4) is 0 Å². The smallest absolute Gasteiger partial charge is 0.306 e. The number of halogens is 22. The summed E-state index contributed by atoms with van der Waals surface area (Å²) in [5.41, 5.74) is 0. The van der Waals surface area contributed by atoms with Crippen molar-refractivity contribution >= 4 is 0 Å². The van der Waals surface area contributed by atoms with Gasteiger partial charge in [-0.15, -0.1) is 4.94 Å². The van der Waals surface area contributed by atoms with Crippen LogP contribution in [-0.2, 0) is 19.4 Å². The fourth-order valence-electron chi connectivity index (χ4n) is 0.669. The zero-order valence-corrected chi connectivity index (χ0v) is 18.3. The molecule has 26 heteroatoms. The zero-order chi connectivity index (χ0) is 33.2. The van der Waals surface area contributed by atoms with Gasteiger partial charge in [0.25, 0.3) is 0 Å². The number of ether oxygens (including phenoxy) is 2. The van der Waals surface area contributed by atoms with Gasteiger partial charge in [0, 0.05) is 6.42 Å². The monoisotopic (exact) mass is 684 g/mol. The Bertz CT molecular complexity index is 571. The van der Waals surface area contributed by atoms with E-state index >= 15 is 0 Å². The molecule has 0 saturated heterocycles. The molecule has 0 aliphatic rings. The van der Waals surface area contributed by atoms with Crippen LogP contribution in [0.4, 0.5) is 96.9 Å². The molecule has 0 fully saturated rings. The summed E-state index contributed by atoms with van der Waals surface area (Å²) in [5.74, 6) is -6.33. The molecule has 0 amide bonds. The predicted octanol–water partition coefficient (Wildman–Crippen LogP) is 10.0. The lowest BCUT2D eigenvalue weighted by molar-refractivity contribution is -0.504. The van der Waals surface area contributed by atoms with Crippen LogP contribution in [0.5, 0.6) is 0 Å². The molecule has 0 rings (SSSR count). The van der Waals surface area contributed by atoms with Crippen LogP contribution in [0.25, 0.3) is 0 Å². The van der Waals surface area contributed by atoms with Gasteiger partial charge in [0.1, 0.15) is 6.61 Å². The van der Waals surface area contributed by atoms with E-state index < -0.39 is 69.5 Å². The van der Waals surface area contributed by atoms with Crippen molar-refractivity contribution in [3.63, 3.8) is 0 Å². The number of hydrogen-bond acceptors (Lipinski definition) is 4. The normalized spacial score (nSPS) is 13.5. The second-order valence-corrected chi connectivity index (χ2v) is 5.05. The van der Waals surface area contributed by atoms with Gasteiger partial charge in [-0.05, 0) is 9.05 Å². The summed E-state index contributed by atoms with van der Waals surface area (Å²) < 4.78 is 250. The maximum absolute atomic E-state index is 12.4. The highest BCUT2D eigenvalue weighted by Crippen LogP contribution is 2.47. The van der Waals surface area contributed by atoms with Gasteiger partial charge in [-0.1, -0.05) is 21.8 Å². The molecular weight excluding hydrogens is 662 g/mol. The third-order valence-corrected chi connectivity index (χ3v) is 2.27. The average molecular weight is 684 g/mol. The highest BCUT2D eigenvalue weighted by atomic mass is 19.4. The number of hydrogen-bond donors (Lipinski definition) is 0. The van der Waals surface area contributed by atoms with E-state index in [1.165, 1.54) is 4.94 Å². The summed E-state index contributed by atoms with van der Waals surface area (Å²) in [5, 5.41) is 0. The van der Waals surface area contributed by atoms with Gasteiger partial charge in [0.2, 0.25) is 6.86 Å². The number of alkyl halides is 20.